The van der Waals surface area contributed by atoms with E-state index in [0.29, 0.717) is 28.5 Å². The molecule has 2 aromatic heterocycles. The molecule has 216 valence electrons. The molecule has 3 aromatic carbocycles. The number of alkyl halides is 2. The Morgan fingerprint density at radius 2 is 1.58 bits per heavy atom. The summed E-state index contributed by atoms with van der Waals surface area (Å²) in [5, 5.41) is 7.29. The second-order valence-corrected chi connectivity index (χ2v) is 13.7. The van der Waals surface area contributed by atoms with Crippen molar-refractivity contribution in [2.24, 2.45) is 11.3 Å². The van der Waals surface area contributed by atoms with E-state index in [2.05, 4.69) is 25.6 Å². The number of aromatic amines is 2. The average molecular weight is 575 g/mol. The van der Waals surface area contributed by atoms with Crippen LogP contribution in [0.5, 0.6) is 0 Å². The minimum atomic E-state index is -3.09. The molecule has 0 amide bonds. The number of nitrogens with one attached hydrogen (secondary N) is 4. The SMILES string of the molecule is FC1(F)c2cc(-c3ccc4nc([C@H]5N[C@@H]6CC[C@@H]5C6)[nH]c4c3)ccc2-c2ccc(-c3cnc([C@@H]4CC5(CC5)CN4)[nH]3)cc21. The van der Waals surface area contributed by atoms with Crippen molar-refractivity contribution in [3.8, 4) is 33.5 Å². The second-order valence-electron chi connectivity index (χ2n) is 13.7. The van der Waals surface area contributed by atoms with E-state index >= 15 is 8.78 Å². The first-order chi connectivity index (χ1) is 20.9. The maximum Gasteiger partial charge on any atom is 0.299 e. The molecule has 2 bridgehead atoms. The van der Waals surface area contributed by atoms with Gasteiger partial charge in [0.05, 0.1) is 35.0 Å². The van der Waals surface area contributed by atoms with E-state index in [0.717, 1.165) is 58.0 Å². The van der Waals surface area contributed by atoms with Crippen LogP contribution >= 0.6 is 0 Å². The summed E-state index contributed by atoms with van der Waals surface area (Å²) in [6, 6.07) is 18.0. The zero-order valence-electron chi connectivity index (χ0n) is 23.7. The van der Waals surface area contributed by atoms with Crippen LogP contribution in [0.15, 0.2) is 60.8 Å². The summed E-state index contributed by atoms with van der Waals surface area (Å²) < 4.78 is 32.2. The third kappa shape index (κ3) is 3.63. The van der Waals surface area contributed by atoms with Gasteiger partial charge in [0.2, 0.25) is 0 Å². The molecule has 6 nitrogen and oxygen atoms in total. The van der Waals surface area contributed by atoms with Gasteiger partial charge in [-0.3, -0.25) is 0 Å². The number of aromatic nitrogens is 4. The molecule has 2 aliphatic heterocycles. The van der Waals surface area contributed by atoms with E-state index in [9.17, 15) is 0 Å². The topological polar surface area (TPSA) is 81.4 Å². The van der Waals surface area contributed by atoms with Gasteiger partial charge in [0, 0.05) is 29.3 Å². The Morgan fingerprint density at radius 3 is 2.33 bits per heavy atom. The Hall–Kier alpha value is -3.88. The molecule has 4 fully saturated rings. The molecule has 43 heavy (non-hydrogen) atoms. The highest BCUT2D eigenvalue weighted by atomic mass is 19.3. The molecule has 3 aliphatic carbocycles. The summed E-state index contributed by atoms with van der Waals surface area (Å²) in [5.41, 5.74) is 6.79. The highest BCUT2D eigenvalue weighted by Crippen LogP contribution is 2.55. The van der Waals surface area contributed by atoms with E-state index in [1.807, 2.05) is 42.5 Å². The molecule has 5 aromatic rings. The molecule has 8 heteroatoms. The fourth-order valence-electron chi connectivity index (χ4n) is 8.42. The first-order valence-electron chi connectivity index (χ1n) is 15.6. The van der Waals surface area contributed by atoms with Gasteiger partial charge in [-0.25, -0.2) is 9.97 Å². The summed E-state index contributed by atoms with van der Waals surface area (Å²) in [7, 11) is 0. The van der Waals surface area contributed by atoms with E-state index in [-0.39, 0.29) is 23.2 Å². The Kier molecular flexibility index (Phi) is 4.79. The highest BCUT2D eigenvalue weighted by Gasteiger charge is 2.49. The maximum absolute atomic E-state index is 16.1. The number of imidazole rings is 2. The molecule has 4 N–H and O–H groups in total. The third-order valence-corrected chi connectivity index (χ3v) is 11.0. The van der Waals surface area contributed by atoms with Gasteiger partial charge >= 0.3 is 0 Å². The fraction of sp³-hybridized carbons (Fsp3) is 0.371. The summed E-state index contributed by atoms with van der Waals surface area (Å²) in [6.07, 6.45) is 9.16. The van der Waals surface area contributed by atoms with Crippen molar-refractivity contribution < 1.29 is 8.78 Å². The van der Waals surface area contributed by atoms with Gasteiger partial charge in [0.25, 0.3) is 5.92 Å². The molecule has 2 saturated heterocycles. The zero-order chi connectivity index (χ0) is 28.5. The molecule has 1 spiro atoms. The molecule has 10 rings (SSSR count). The molecule has 5 aliphatic rings. The number of H-pyrrole nitrogens is 2. The van der Waals surface area contributed by atoms with Crippen molar-refractivity contribution >= 4 is 11.0 Å². The van der Waals surface area contributed by atoms with Crippen LogP contribution in [0.1, 0.15) is 73.4 Å². The number of benzene rings is 3. The summed E-state index contributed by atoms with van der Waals surface area (Å²) in [4.78, 5) is 16.4. The highest BCUT2D eigenvalue weighted by molar-refractivity contribution is 5.86. The summed E-state index contributed by atoms with van der Waals surface area (Å²) in [5.74, 6) is -0.571. The zero-order valence-corrected chi connectivity index (χ0v) is 23.7. The van der Waals surface area contributed by atoms with Gasteiger partial charge < -0.3 is 20.6 Å². The lowest BCUT2D eigenvalue weighted by atomic mass is 9.98. The van der Waals surface area contributed by atoms with Crippen molar-refractivity contribution in [1.82, 2.24) is 30.6 Å². The summed E-state index contributed by atoms with van der Waals surface area (Å²) in [6.45, 7) is 1.04. The standard InChI is InChI=1S/C35H32F2N6/c36-35(37)25-12-18(19-4-8-27-28(14-19)42-33(41-27)31-21-1-5-22(11-21)40-31)2-6-23(25)24-7-3-20(13-26(24)35)30-16-38-32(43-30)29-15-34(9-10-34)17-39-29/h2-4,6-8,12-14,16,21-22,29,31,39-40H,1,5,9-11,15,17H2,(H,38,43)(H,41,42)/t21-,22-,29+,31+/m1/s1. The summed E-state index contributed by atoms with van der Waals surface area (Å²) >= 11 is 0. The Labute approximate surface area is 247 Å². The third-order valence-electron chi connectivity index (χ3n) is 11.0. The van der Waals surface area contributed by atoms with Crippen LogP contribution in [0.3, 0.4) is 0 Å². The van der Waals surface area contributed by atoms with Crippen molar-refractivity contribution in [3.05, 3.63) is 83.6 Å². The van der Waals surface area contributed by atoms with Gasteiger partial charge in [-0.05, 0) is 96.4 Å². The van der Waals surface area contributed by atoms with E-state index in [4.69, 9.17) is 4.98 Å². The van der Waals surface area contributed by atoms with Gasteiger partial charge in [0.1, 0.15) is 11.6 Å². The second kappa shape index (κ2) is 8.39. The van der Waals surface area contributed by atoms with Gasteiger partial charge in [-0.1, -0.05) is 30.3 Å². The number of halogens is 2. The van der Waals surface area contributed by atoms with Crippen molar-refractivity contribution in [2.45, 2.75) is 62.6 Å². The van der Waals surface area contributed by atoms with E-state index in [1.165, 1.54) is 32.1 Å². The van der Waals surface area contributed by atoms with Gasteiger partial charge in [-0.15, -0.1) is 0 Å². The quantitative estimate of drug-likeness (QED) is 0.181. The minimum absolute atomic E-state index is 0.0521. The monoisotopic (exact) mass is 574 g/mol. The first-order valence-corrected chi connectivity index (χ1v) is 15.6. The minimum Gasteiger partial charge on any atom is -0.341 e. The van der Waals surface area contributed by atoms with Crippen LogP contribution in [0.2, 0.25) is 0 Å². The molecular weight excluding hydrogens is 542 g/mol. The van der Waals surface area contributed by atoms with E-state index < -0.39 is 5.92 Å². The lowest BCUT2D eigenvalue weighted by molar-refractivity contribution is 0.0481. The van der Waals surface area contributed by atoms with E-state index in [1.54, 1.807) is 18.3 Å². The van der Waals surface area contributed by atoms with Crippen LogP contribution in [0.25, 0.3) is 44.5 Å². The Balaban J connectivity index is 0.956. The lowest BCUT2D eigenvalue weighted by Crippen LogP contribution is -2.29. The Bertz CT molecular complexity index is 1950. The molecule has 0 unspecified atom stereocenters. The predicted molar refractivity (Wildman–Crippen MR) is 162 cm³/mol. The molecular formula is C35H32F2N6. The van der Waals surface area contributed by atoms with Crippen LogP contribution in [0, 0.1) is 11.3 Å². The fourth-order valence-corrected chi connectivity index (χ4v) is 8.42. The smallest absolute Gasteiger partial charge is 0.299 e. The van der Waals surface area contributed by atoms with Crippen molar-refractivity contribution in [3.63, 3.8) is 0 Å². The number of fused-ring (bicyclic) bond motifs is 6. The molecule has 4 atom stereocenters. The lowest BCUT2D eigenvalue weighted by Gasteiger charge is -2.20. The number of piperidine rings is 1. The average Bonchev–Trinajstić information content (AvgIpc) is 3.68. The number of rotatable bonds is 4. The predicted octanol–water partition coefficient (Wildman–Crippen LogP) is 7.37. The normalized spacial score (nSPS) is 27.3. The van der Waals surface area contributed by atoms with Crippen LogP contribution in [0.4, 0.5) is 8.78 Å². The largest absolute Gasteiger partial charge is 0.341 e. The maximum atomic E-state index is 16.1. The molecule has 2 saturated carbocycles. The van der Waals surface area contributed by atoms with Crippen molar-refractivity contribution in [2.75, 3.05) is 6.54 Å². The van der Waals surface area contributed by atoms with Crippen LogP contribution < -0.4 is 10.6 Å². The van der Waals surface area contributed by atoms with Crippen LogP contribution in [-0.4, -0.2) is 32.5 Å². The van der Waals surface area contributed by atoms with Crippen molar-refractivity contribution in [1.29, 1.82) is 0 Å². The molecule has 4 heterocycles. The van der Waals surface area contributed by atoms with Gasteiger partial charge in [-0.2, -0.15) is 8.78 Å². The Morgan fingerprint density at radius 1 is 0.814 bits per heavy atom. The first kappa shape index (κ1) is 24.6. The molecule has 0 radical (unpaired) electrons. The number of hydrogen-bond donors (Lipinski definition) is 4. The number of hydrogen-bond acceptors (Lipinski definition) is 4. The van der Waals surface area contributed by atoms with Gasteiger partial charge in [0.15, 0.2) is 0 Å². The number of nitrogens with zero attached hydrogens (tertiary/aromatic N) is 2. The van der Waals surface area contributed by atoms with Crippen LogP contribution in [-0.2, 0) is 5.92 Å².